The highest BCUT2D eigenvalue weighted by atomic mass is 16.5. The van der Waals surface area contributed by atoms with Gasteiger partial charge in [-0.2, -0.15) is 0 Å². The molecule has 3 rings (SSSR count). The van der Waals surface area contributed by atoms with Gasteiger partial charge in [-0.1, -0.05) is 30.3 Å². The third kappa shape index (κ3) is 5.69. The van der Waals surface area contributed by atoms with Gasteiger partial charge in [0, 0.05) is 12.7 Å². The molecule has 1 fully saturated rings. The predicted molar refractivity (Wildman–Crippen MR) is 107 cm³/mol. The summed E-state index contributed by atoms with van der Waals surface area (Å²) in [6.45, 7) is 6.84. The third-order valence-corrected chi connectivity index (χ3v) is 4.51. The van der Waals surface area contributed by atoms with E-state index < -0.39 is 0 Å². The van der Waals surface area contributed by atoms with E-state index in [9.17, 15) is 4.79 Å². The lowest BCUT2D eigenvalue weighted by Gasteiger charge is -2.25. The molecule has 6 heteroatoms. The first-order valence-corrected chi connectivity index (χ1v) is 9.58. The van der Waals surface area contributed by atoms with Crippen molar-refractivity contribution in [1.29, 1.82) is 0 Å². The molecule has 1 aliphatic heterocycles. The molecule has 6 nitrogen and oxygen atoms in total. The van der Waals surface area contributed by atoms with Crippen LogP contribution in [0, 0.1) is 0 Å². The topological polar surface area (TPSA) is 66.5 Å². The SMILES string of the molecule is CC(C)Oc1ncccc1NC(=O)NC(CN1CCCC1)c1ccccc1. The monoisotopic (exact) mass is 368 g/mol. The van der Waals surface area contributed by atoms with Gasteiger partial charge in [-0.05, 0) is 57.5 Å². The number of hydrogen-bond acceptors (Lipinski definition) is 4. The van der Waals surface area contributed by atoms with Gasteiger partial charge >= 0.3 is 6.03 Å². The zero-order chi connectivity index (χ0) is 19.1. The first-order valence-electron chi connectivity index (χ1n) is 9.58. The number of anilines is 1. The summed E-state index contributed by atoms with van der Waals surface area (Å²) >= 11 is 0. The standard InChI is InChI=1S/C21H28N4O2/c1-16(2)27-20-18(11-8-12-22-20)23-21(26)24-19(15-25-13-6-7-14-25)17-9-4-3-5-10-17/h3-5,8-12,16,19H,6-7,13-15H2,1-2H3,(H2,23,24,26). The molecule has 1 atom stereocenters. The van der Waals surface area contributed by atoms with Gasteiger partial charge in [0.2, 0.25) is 5.88 Å². The van der Waals surface area contributed by atoms with E-state index >= 15 is 0 Å². The van der Waals surface area contributed by atoms with Crippen molar-refractivity contribution in [3.63, 3.8) is 0 Å². The maximum absolute atomic E-state index is 12.7. The Balaban J connectivity index is 1.69. The number of nitrogens with one attached hydrogen (secondary N) is 2. The van der Waals surface area contributed by atoms with Gasteiger partial charge in [-0.3, -0.25) is 0 Å². The van der Waals surface area contributed by atoms with Gasteiger partial charge in [-0.15, -0.1) is 0 Å². The number of aromatic nitrogens is 1. The van der Waals surface area contributed by atoms with Crippen LogP contribution in [0.1, 0.15) is 38.3 Å². The van der Waals surface area contributed by atoms with Crippen LogP contribution in [0.3, 0.4) is 0 Å². The van der Waals surface area contributed by atoms with Crippen LogP contribution < -0.4 is 15.4 Å². The number of urea groups is 1. The zero-order valence-electron chi connectivity index (χ0n) is 16.0. The minimum absolute atomic E-state index is 0.0178. The number of amides is 2. The molecule has 2 N–H and O–H groups in total. The van der Waals surface area contributed by atoms with E-state index in [0.717, 1.165) is 25.2 Å². The summed E-state index contributed by atoms with van der Waals surface area (Å²) in [6.07, 6.45) is 4.08. The Morgan fingerprint density at radius 2 is 1.89 bits per heavy atom. The van der Waals surface area contributed by atoms with Crippen molar-refractivity contribution in [3.8, 4) is 5.88 Å². The van der Waals surface area contributed by atoms with E-state index in [0.29, 0.717) is 11.6 Å². The fourth-order valence-corrected chi connectivity index (χ4v) is 3.26. The third-order valence-electron chi connectivity index (χ3n) is 4.51. The smallest absolute Gasteiger partial charge is 0.319 e. The van der Waals surface area contributed by atoms with E-state index in [4.69, 9.17) is 4.74 Å². The Morgan fingerprint density at radius 1 is 1.15 bits per heavy atom. The van der Waals surface area contributed by atoms with Crippen molar-refractivity contribution in [2.75, 3.05) is 25.0 Å². The van der Waals surface area contributed by atoms with E-state index in [1.807, 2.05) is 32.0 Å². The molecule has 2 aromatic rings. The lowest BCUT2D eigenvalue weighted by Crippen LogP contribution is -2.39. The Kier molecular flexibility index (Phi) is 6.65. The molecule has 1 saturated heterocycles. The second-order valence-corrected chi connectivity index (χ2v) is 7.09. The van der Waals surface area contributed by atoms with Crippen molar-refractivity contribution < 1.29 is 9.53 Å². The second-order valence-electron chi connectivity index (χ2n) is 7.09. The number of rotatable bonds is 7. The second kappa shape index (κ2) is 9.37. The van der Waals surface area contributed by atoms with Crippen molar-refractivity contribution in [2.24, 2.45) is 0 Å². The Bertz CT molecular complexity index is 730. The van der Waals surface area contributed by atoms with Crippen molar-refractivity contribution >= 4 is 11.7 Å². The lowest BCUT2D eigenvalue weighted by molar-refractivity contribution is 0.231. The largest absolute Gasteiger partial charge is 0.473 e. The summed E-state index contributed by atoms with van der Waals surface area (Å²) in [5.74, 6) is 0.429. The van der Waals surface area contributed by atoms with Gasteiger partial charge in [0.1, 0.15) is 5.69 Å². The molecular formula is C21H28N4O2. The first-order chi connectivity index (χ1) is 13.1. The van der Waals surface area contributed by atoms with Crippen LogP contribution >= 0.6 is 0 Å². The molecule has 27 heavy (non-hydrogen) atoms. The Labute approximate surface area is 160 Å². The number of carbonyl (C=O) groups excluding carboxylic acids is 1. The number of carbonyl (C=O) groups is 1. The van der Waals surface area contributed by atoms with Crippen molar-refractivity contribution in [2.45, 2.75) is 38.8 Å². The number of pyridine rings is 1. The van der Waals surface area contributed by atoms with E-state index in [-0.39, 0.29) is 18.2 Å². The van der Waals surface area contributed by atoms with Crippen LogP contribution in [0.4, 0.5) is 10.5 Å². The van der Waals surface area contributed by atoms with Crippen LogP contribution in [-0.4, -0.2) is 41.7 Å². The van der Waals surface area contributed by atoms with Crippen LogP contribution in [-0.2, 0) is 0 Å². The summed E-state index contributed by atoms with van der Waals surface area (Å²) in [4.78, 5) is 19.3. The molecule has 0 bridgehead atoms. The maximum atomic E-state index is 12.7. The lowest BCUT2D eigenvalue weighted by atomic mass is 10.1. The van der Waals surface area contributed by atoms with Crippen molar-refractivity contribution in [3.05, 3.63) is 54.2 Å². The molecule has 0 saturated carbocycles. The fourth-order valence-electron chi connectivity index (χ4n) is 3.26. The van der Waals surface area contributed by atoms with Gasteiger partial charge in [0.05, 0.1) is 12.1 Å². The number of nitrogens with zero attached hydrogens (tertiary/aromatic N) is 2. The normalized spacial score (nSPS) is 15.5. The highest BCUT2D eigenvalue weighted by molar-refractivity contribution is 5.90. The number of hydrogen-bond donors (Lipinski definition) is 2. The van der Waals surface area contributed by atoms with Crippen molar-refractivity contribution in [1.82, 2.24) is 15.2 Å². The highest BCUT2D eigenvalue weighted by Gasteiger charge is 2.21. The molecule has 0 radical (unpaired) electrons. The van der Waals surface area contributed by atoms with Crippen LogP contribution in [0.5, 0.6) is 5.88 Å². The molecular weight excluding hydrogens is 340 g/mol. The minimum atomic E-state index is -0.260. The average Bonchev–Trinajstić information content (AvgIpc) is 3.16. The molecule has 1 aliphatic rings. The predicted octanol–water partition coefficient (Wildman–Crippen LogP) is 3.83. The molecule has 1 aromatic heterocycles. The molecule has 0 spiro atoms. The molecule has 1 aromatic carbocycles. The zero-order valence-corrected chi connectivity index (χ0v) is 16.0. The Morgan fingerprint density at radius 3 is 2.59 bits per heavy atom. The summed E-state index contributed by atoms with van der Waals surface area (Å²) < 4.78 is 5.68. The molecule has 1 unspecified atom stereocenters. The number of likely N-dealkylation sites (tertiary alicyclic amines) is 1. The summed E-state index contributed by atoms with van der Waals surface area (Å²) in [7, 11) is 0. The maximum Gasteiger partial charge on any atom is 0.319 e. The fraction of sp³-hybridized carbons (Fsp3) is 0.429. The number of benzene rings is 1. The van der Waals surface area contributed by atoms with Gasteiger partial charge in [-0.25, -0.2) is 9.78 Å². The molecule has 144 valence electrons. The van der Waals surface area contributed by atoms with E-state index in [1.165, 1.54) is 12.8 Å². The average molecular weight is 368 g/mol. The van der Waals surface area contributed by atoms with Crippen LogP contribution in [0.25, 0.3) is 0 Å². The highest BCUT2D eigenvalue weighted by Crippen LogP contribution is 2.22. The van der Waals surface area contributed by atoms with Crippen LogP contribution in [0.2, 0.25) is 0 Å². The summed E-state index contributed by atoms with van der Waals surface area (Å²) in [5.41, 5.74) is 1.67. The first kappa shape index (κ1) is 19.2. The number of ether oxygens (including phenoxy) is 1. The van der Waals surface area contributed by atoms with Crippen LogP contribution in [0.15, 0.2) is 48.7 Å². The quantitative estimate of drug-likeness (QED) is 0.779. The molecule has 2 amide bonds. The van der Waals surface area contributed by atoms with Gasteiger partial charge < -0.3 is 20.3 Å². The molecule has 0 aliphatic carbocycles. The minimum Gasteiger partial charge on any atom is -0.473 e. The van der Waals surface area contributed by atoms with Gasteiger partial charge in [0.25, 0.3) is 0 Å². The van der Waals surface area contributed by atoms with Gasteiger partial charge in [0.15, 0.2) is 0 Å². The van der Waals surface area contributed by atoms with E-state index in [2.05, 4.69) is 32.7 Å². The summed E-state index contributed by atoms with van der Waals surface area (Å²) in [5, 5.41) is 6.00. The molecule has 2 heterocycles. The van der Waals surface area contributed by atoms with E-state index in [1.54, 1.807) is 18.3 Å². The Hall–Kier alpha value is -2.60. The summed E-state index contributed by atoms with van der Waals surface area (Å²) in [6, 6.07) is 13.3.